The molecule has 1 nitrogen and oxygen atoms in total. The first kappa shape index (κ1) is 7.00. The standard InChI is InChI=1S/C7H14FN/c1-3-6(2)7(8)4-9-5-7/h6,9H,3-5H2,1-2H3/t6-/m0/s1. The van der Waals surface area contributed by atoms with Gasteiger partial charge in [0.1, 0.15) is 5.67 Å². The van der Waals surface area contributed by atoms with Crippen molar-refractivity contribution >= 4 is 0 Å². The summed E-state index contributed by atoms with van der Waals surface area (Å²) in [6.07, 6.45) is 0.943. The molecule has 2 heteroatoms. The fourth-order valence-corrected chi connectivity index (χ4v) is 1.08. The maximum Gasteiger partial charge on any atom is 0.138 e. The minimum atomic E-state index is -0.880. The minimum Gasteiger partial charge on any atom is -0.310 e. The summed E-state index contributed by atoms with van der Waals surface area (Å²) >= 11 is 0. The maximum absolute atomic E-state index is 13.2. The summed E-state index contributed by atoms with van der Waals surface area (Å²) in [5.74, 6) is 0.221. The van der Waals surface area contributed by atoms with E-state index in [-0.39, 0.29) is 5.92 Å². The minimum absolute atomic E-state index is 0.221. The van der Waals surface area contributed by atoms with Gasteiger partial charge in [-0.05, 0) is 5.92 Å². The second kappa shape index (κ2) is 2.25. The first-order chi connectivity index (χ1) is 4.19. The fourth-order valence-electron chi connectivity index (χ4n) is 1.08. The summed E-state index contributed by atoms with van der Waals surface area (Å²) in [5.41, 5.74) is -0.880. The van der Waals surface area contributed by atoms with Crippen LogP contribution in [0.15, 0.2) is 0 Å². The third-order valence-corrected chi connectivity index (χ3v) is 2.33. The van der Waals surface area contributed by atoms with E-state index in [1.54, 1.807) is 0 Å². The first-order valence-electron chi connectivity index (χ1n) is 3.58. The monoisotopic (exact) mass is 131 g/mol. The zero-order valence-corrected chi connectivity index (χ0v) is 6.08. The molecule has 0 aromatic carbocycles. The quantitative estimate of drug-likeness (QED) is 0.596. The van der Waals surface area contributed by atoms with Crippen molar-refractivity contribution < 1.29 is 4.39 Å². The predicted molar refractivity (Wildman–Crippen MR) is 36.2 cm³/mol. The molecular formula is C7H14FN. The molecule has 0 aromatic rings. The van der Waals surface area contributed by atoms with Gasteiger partial charge in [0, 0.05) is 13.1 Å². The van der Waals surface area contributed by atoms with E-state index in [2.05, 4.69) is 5.32 Å². The van der Waals surface area contributed by atoms with Gasteiger partial charge in [-0.25, -0.2) is 4.39 Å². The Bertz CT molecular complexity index is 99.1. The average molecular weight is 131 g/mol. The third kappa shape index (κ3) is 1.08. The Kier molecular flexibility index (Phi) is 1.75. The summed E-state index contributed by atoms with van der Waals surface area (Å²) in [7, 11) is 0. The molecule has 1 rings (SSSR count). The van der Waals surface area contributed by atoms with Gasteiger partial charge in [-0.15, -0.1) is 0 Å². The molecule has 0 amide bonds. The lowest BCUT2D eigenvalue weighted by molar-refractivity contribution is 0.0301. The molecule has 0 saturated carbocycles. The van der Waals surface area contributed by atoms with Crippen LogP contribution in [-0.4, -0.2) is 18.8 Å². The Hall–Kier alpha value is -0.110. The molecule has 0 aromatic heterocycles. The summed E-state index contributed by atoms with van der Waals surface area (Å²) in [5, 5.41) is 2.94. The first-order valence-corrected chi connectivity index (χ1v) is 3.58. The van der Waals surface area contributed by atoms with Gasteiger partial charge in [-0.3, -0.25) is 0 Å². The van der Waals surface area contributed by atoms with E-state index >= 15 is 0 Å². The average Bonchev–Trinajstić information content (AvgIpc) is 1.81. The Morgan fingerprint density at radius 3 is 2.33 bits per heavy atom. The lowest BCUT2D eigenvalue weighted by Crippen LogP contribution is -2.59. The molecule has 0 aliphatic carbocycles. The van der Waals surface area contributed by atoms with Gasteiger partial charge in [-0.2, -0.15) is 0 Å². The summed E-state index contributed by atoms with van der Waals surface area (Å²) in [6.45, 7) is 5.12. The van der Waals surface area contributed by atoms with Crippen LogP contribution in [-0.2, 0) is 0 Å². The number of hydrogen-bond acceptors (Lipinski definition) is 1. The number of rotatable bonds is 2. The van der Waals surface area contributed by atoms with Crippen LogP contribution in [0.1, 0.15) is 20.3 Å². The molecule has 9 heavy (non-hydrogen) atoms. The lowest BCUT2D eigenvalue weighted by atomic mass is 9.84. The van der Waals surface area contributed by atoms with Gasteiger partial charge in [0.15, 0.2) is 0 Å². The van der Waals surface area contributed by atoms with E-state index in [1.807, 2.05) is 13.8 Å². The highest BCUT2D eigenvalue weighted by Gasteiger charge is 2.41. The van der Waals surface area contributed by atoms with Crippen LogP contribution in [0.4, 0.5) is 4.39 Å². The molecule has 1 N–H and O–H groups in total. The highest BCUT2D eigenvalue weighted by atomic mass is 19.1. The molecule has 1 aliphatic heterocycles. The van der Waals surface area contributed by atoms with E-state index in [0.29, 0.717) is 13.1 Å². The van der Waals surface area contributed by atoms with Gasteiger partial charge in [0.2, 0.25) is 0 Å². The van der Waals surface area contributed by atoms with Gasteiger partial charge in [0.25, 0.3) is 0 Å². The van der Waals surface area contributed by atoms with Crippen LogP contribution in [0.3, 0.4) is 0 Å². The fraction of sp³-hybridized carbons (Fsp3) is 1.00. The number of hydrogen-bond donors (Lipinski definition) is 1. The van der Waals surface area contributed by atoms with Crippen molar-refractivity contribution in [3.05, 3.63) is 0 Å². The van der Waals surface area contributed by atoms with Crippen molar-refractivity contribution in [1.82, 2.24) is 5.32 Å². The molecule has 0 unspecified atom stereocenters. The molecule has 1 atom stereocenters. The van der Waals surface area contributed by atoms with Crippen LogP contribution in [0.2, 0.25) is 0 Å². The molecule has 1 heterocycles. The van der Waals surface area contributed by atoms with Crippen LogP contribution >= 0.6 is 0 Å². The van der Waals surface area contributed by atoms with Crippen LogP contribution in [0.5, 0.6) is 0 Å². The predicted octanol–water partition coefficient (Wildman–Crippen LogP) is 1.34. The molecule has 1 fully saturated rings. The molecule has 1 aliphatic rings. The second-order valence-corrected chi connectivity index (χ2v) is 2.95. The highest BCUT2D eigenvalue weighted by Crippen LogP contribution is 2.28. The Morgan fingerprint density at radius 2 is 2.22 bits per heavy atom. The molecule has 0 bridgehead atoms. The van der Waals surface area contributed by atoms with E-state index in [9.17, 15) is 4.39 Å². The van der Waals surface area contributed by atoms with Gasteiger partial charge < -0.3 is 5.32 Å². The molecular weight excluding hydrogens is 117 g/mol. The topological polar surface area (TPSA) is 12.0 Å². The SMILES string of the molecule is CC[C@H](C)C1(F)CNC1. The van der Waals surface area contributed by atoms with Crippen molar-refractivity contribution in [3.8, 4) is 0 Å². The normalized spacial score (nSPS) is 27.0. The van der Waals surface area contributed by atoms with Crippen molar-refractivity contribution in [2.45, 2.75) is 25.9 Å². The molecule has 1 saturated heterocycles. The number of nitrogens with one attached hydrogen (secondary N) is 1. The van der Waals surface area contributed by atoms with E-state index < -0.39 is 5.67 Å². The van der Waals surface area contributed by atoms with Crippen molar-refractivity contribution in [3.63, 3.8) is 0 Å². The largest absolute Gasteiger partial charge is 0.310 e. The Morgan fingerprint density at radius 1 is 1.67 bits per heavy atom. The van der Waals surface area contributed by atoms with Crippen molar-refractivity contribution in [1.29, 1.82) is 0 Å². The van der Waals surface area contributed by atoms with Gasteiger partial charge >= 0.3 is 0 Å². The van der Waals surface area contributed by atoms with Crippen LogP contribution in [0.25, 0.3) is 0 Å². The smallest absolute Gasteiger partial charge is 0.138 e. The van der Waals surface area contributed by atoms with Gasteiger partial charge in [0.05, 0.1) is 0 Å². The van der Waals surface area contributed by atoms with E-state index in [0.717, 1.165) is 6.42 Å². The highest BCUT2D eigenvalue weighted by molar-refractivity contribution is 4.96. The molecule has 0 spiro atoms. The molecule has 0 radical (unpaired) electrons. The van der Waals surface area contributed by atoms with E-state index in [4.69, 9.17) is 0 Å². The Balaban J connectivity index is 2.38. The Labute approximate surface area is 55.6 Å². The third-order valence-electron chi connectivity index (χ3n) is 2.33. The lowest BCUT2D eigenvalue weighted by Gasteiger charge is -2.39. The van der Waals surface area contributed by atoms with E-state index in [1.165, 1.54) is 0 Å². The van der Waals surface area contributed by atoms with Crippen molar-refractivity contribution in [2.24, 2.45) is 5.92 Å². The number of halogens is 1. The van der Waals surface area contributed by atoms with Crippen molar-refractivity contribution in [2.75, 3.05) is 13.1 Å². The number of alkyl halides is 1. The maximum atomic E-state index is 13.2. The van der Waals surface area contributed by atoms with Crippen LogP contribution < -0.4 is 5.32 Å². The van der Waals surface area contributed by atoms with Crippen LogP contribution in [0, 0.1) is 5.92 Å². The zero-order chi connectivity index (χ0) is 6.91. The summed E-state index contributed by atoms with van der Waals surface area (Å²) in [4.78, 5) is 0. The zero-order valence-electron chi connectivity index (χ0n) is 6.08. The molecule has 54 valence electrons. The summed E-state index contributed by atoms with van der Waals surface area (Å²) in [6, 6.07) is 0. The summed E-state index contributed by atoms with van der Waals surface area (Å²) < 4.78 is 13.2. The second-order valence-electron chi connectivity index (χ2n) is 2.95. The van der Waals surface area contributed by atoms with Gasteiger partial charge in [-0.1, -0.05) is 20.3 Å².